The van der Waals surface area contributed by atoms with Crippen LogP contribution >= 0.6 is 11.8 Å². The van der Waals surface area contributed by atoms with Gasteiger partial charge in [0.15, 0.2) is 11.6 Å². The van der Waals surface area contributed by atoms with Crippen LogP contribution < -0.4 is 5.32 Å². The second-order valence-electron chi connectivity index (χ2n) is 6.55. The van der Waals surface area contributed by atoms with E-state index in [1.54, 1.807) is 16.4 Å². The van der Waals surface area contributed by atoms with Crippen LogP contribution in [0.25, 0.3) is 5.69 Å². The van der Waals surface area contributed by atoms with E-state index in [1.165, 1.54) is 6.07 Å². The van der Waals surface area contributed by atoms with Crippen molar-refractivity contribution in [2.45, 2.75) is 25.4 Å². The molecule has 0 aliphatic carbocycles. The topological polar surface area (TPSA) is 46.9 Å². The second-order valence-corrected chi connectivity index (χ2v) is 7.54. The fourth-order valence-corrected chi connectivity index (χ4v) is 4.21. The number of carbonyl (C=O) groups is 1. The number of hydrogen-bond acceptors (Lipinski definition) is 3. The standard InChI is InChI=1S/C20H17F2N3OS/c1-11-3-6-18(12(2)7-11)25-19(14-9-27-10-17(14)24-25)23-20(26)13-4-5-15(21)16(22)8-13/h3-8H,9-10H2,1-2H3,(H,23,26). The Kier molecular flexibility index (Phi) is 4.47. The largest absolute Gasteiger partial charge is 0.306 e. The zero-order valence-electron chi connectivity index (χ0n) is 14.8. The van der Waals surface area contributed by atoms with Gasteiger partial charge in [-0.05, 0) is 43.7 Å². The van der Waals surface area contributed by atoms with E-state index in [-0.39, 0.29) is 5.56 Å². The Hall–Kier alpha value is -2.67. The molecule has 2 heterocycles. The molecular formula is C20H17F2N3OS. The van der Waals surface area contributed by atoms with Gasteiger partial charge >= 0.3 is 0 Å². The summed E-state index contributed by atoms with van der Waals surface area (Å²) in [5, 5.41) is 7.53. The number of aromatic nitrogens is 2. The van der Waals surface area contributed by atoms with E-state index in [0.29, 0.717) is 5.82 Å². The Balaban J connectivity index is 1.75. The molecule has 0 radical (unpaired) electrons. The average molecular weight is 385 g/mol. The van der Waals surface area contributed by atoms with Crippen LogP contribution in [0.2, 0.25) is 0 Å². The number of benzene rings is 2. The molecule has 1 aromatic heterocycles. The highest BCUT2D eigenvalue weighted by Crippen LogP contribution is 2.36. The van der Waals surface area contributed by atoms with E-state index in [1.807, 2.05) is 26.0 Å². The van der Waals surface area contributed by atoms with Gasteiger partial charge in [0.2, 0.25) is 0 Å². The van der Waals surface area contributed by atoms with Crippen molar-refractivity contribution in [1.29, 1.82) is 0 Å². The van der Waals surface area contributed by atoms with Crippen molar-refractivity contribution in [1.82, 2.24) is 9.78 Å². The minimum absolute atomic E-state index is 0.0571. The van der Waals surface area contributed by atoms with Crippen molar-refractivity contribution < 1.29 is 13.6 Å². The molecule has 7 heteroatoms. The molecule has 0 bridgehead atoms. The zero-order chi connectivity index (χ0) is 19.1. The molecule has 4 nitrogen and oxygen atoms in total. The van der Waals surface area contributed by atoms with Crippen LogP contribution in [0.3, 0.4) is 0 Å². The van der Waals surface area contributed by atoms with Crippen LogP contribution in [-0.2, 0) is 11.5 Å². The second kappa shape index (κ2) is 6.81. The Morgan fingerprint density at radius 2 is 1.93 bits per heavy atom. The first kappa shape index (κ1) is 17.7. The molecule has 27 heavy (non-hydrogen) atoms. The van der Waals surface area contributed by atoms with Gasteiger partial charge in [-0.3, -0.25) is 4.79 Å². The van der Waals surface area contributed by atoms with Gasteiger partial charge in [0, 0.05) is 22.6 Å². The SMILES string of the molecule is Cc1ccc(-n2nc3c(c2NC(=O)c2ccc(F)c(F)c2)CSC3)c(C)c1. The van der Waals surface area contributed by atoms with Crippen molar-refractivity contribution in [3.63, 3.8) is 0 Å². The Morgan fingerprint density at radius 1 is 1.11 bits per heavy atom. The molecular weight excluding hydrogens is 368 g/mol. The van der Waals surface area contributed by atoms with Gasteiger partial charge in [-0.2, -0.15) is 16.9 Å². The van der Waals surface area contributed by atoms with Crippen molar-refractivity contribution >= 4 is 23.5 Å². The molecule has 2 aromatic carbocycles. The summed E-state index contributed by atoms with van der Waals surface area (Å²) in [4.78, 5) is 12.6. The molecule has 0 unspecified atom stereocenters. The van der Waals surface area contributed by atoms with E-state index >= 15 is 0 Å². The maximum atomic E-state index is 13.5. The van der Waals surface area contributed by atoms with Gasteiger partial charge in [-0.1, -0.05) is 17.7 Å². The van der Waals surface area contributed by atoms with Gasteiger partial charge in [-0.15, -0.1) is 0 Å². The molecule has 138 valence electrons. The minimum atomic E-state index is -1.05. The summed E-state index contributed by atoms with van der Waals surface area (Å²) in [5.74, 6) is -0.429. The summed E-state index contributed by atoms with van der Waals surface area (Å²) in [6.45, 7) is 4.01. The summed E-state index contributed by atoms with van der Waals surface area (Å²) in [5.41, 5.74) is 5.00. The average Bonchev–Trinajstić information content (AvgIpc) is 3.20. The van der Waals surface area contributed by atoms with Crippen LogP contribution in [0.4, 0.5) is 14.6 Å². The van der Waals surface area contributed by atoms with Crippen molar-refractivity contribution in [3.05, 3.63) is 76.0 Å². The first-order valence-corrected chi connectivity index (χ1v) is 9.62. The van der Waals surface area contributed by atoms with Gasteiger partial charge in [0.25, 0.3) is 5.91 Å². The summed E-state index contributed by atoms with van der Waals surface area (Å²) in [6, 6.07) is 9.12. The number of rotatable bonds is 3. The number of carbonyl (C=O) groups excluding carboxylic acids is 1. The van der Waals surface area contributed by atoms with E-state index in [4.69, 9.17) is 0 Å². The monoisotopic (exact) mass is 385 g/mol. The van der Waals surface area contributed by atoms with Gasteiger partial charge < -0.3 is 5.32 Å². The van der Waals surface area contributed by atoms with Crippen molar-refractivity contribution in [3.8, 4) is 5.69 Å². The molecule has 0 fully saturated rings. The van der Waals surface area contributed by atoms with Gasteiger partial charge in [0.05, 0.1) is 11.4 Å². The number of hydrogen-bond donors (Lipinski definition) is 1. The number of thioether (sulfide) groups is 1. The molecule has 3 aromatic rings. The Morgan fingerprint density at radius 3 is 2.67 bits per heavy atom. The molecule has 0 atom stereocenters. The van der Waals surface area contributed by atoms with Crippen LogP contribution in [0, 0.1) is 25.5 Å². The fourth-order valence-electron chi connectivity index (χ4n) is 3.18. The predicted molar refractivity (Wildman–Crippen MR) is 102 cm³/mol. The lowest BCUT2D eigenvalue weighted by Gasteiger charge is -2.13. The highest BCUT2D eigenvalue weighted by Gasteiger charge is 2.25. The van der Waals surface area contributed by atoms with E-state index in [2.05, 4.69) is 16.5 Å². The van der Waals surface area contributed by atoms with E-state index in [0.717, 1.165) is 51.7 Å². The third-order valence-corrected chi connectivity index (χ3v) is 5.52. The third-order valence-electron chi connectivity index (χ3n) is 4.55. The molecule has 0 saturated carbocycles. The molecule has 0 spiro atoms. The van der Waals surface area contributed by atoms with Crippen LogP contribution in [-0.4, -0.2) is 15.7 Å². The van der Waals surface area contributed by atoms with Crippen LogP contribution in [0.15, 0.2) is 36.4 Å². The lowest BCUT2D eigenvalue weighted by molar-refractivity contribution is 0.102. The quantitative estimate of drug-likeness (QED) is 0.707. The number of aryl methyl sites for hydroxylation is 2. The Labute approximate surface area is 159 Å². The summed E-state index contributed by atoms with van der Waals surface area (Å²) < 4.78 is 28.4. The maximum absolute atomic E-state index is 13.5. The van der Waals surface area contributed by atoms with Crippen LogP contribution in [0.5, 0.6) is 0 Å². The summed E-state index contributed by atoms with van der Waals surface area (Å²) in [6.07, 6.45) is 0. The van der Waals surface area contributed by atoms with Gasteiger partial charge in [0.1, 0.15) is 5.82 Å². The highest BCUT2D eigenvalue weighted by molar-refractivity contribution is 7.98. The number of anilines is 1. The predicted octanol–water partition coefficient (Wildman–Crippen LogP) is 4.77. The van der Waals surface area contributed by atoms with E-state index in [9.17, 15) is 13.6 Å². The van der Waals surface area contributed by atoms with Crippen molar-refractivity contribution in [2.24, 2.45) is 0 Å². The summed E-state index contributed by atoms with van der Waals surface area (Å²) in [7, 11) is 0. The number of amides is 1. The normalized spacial score (nSPS) is 12.9. The number of nitrogens with one attached hydrogen (secondary N) is 1. The third kappa shape index (κ3) is 3.23. The molecule has 1 aliphatic rings. The van der Waals surface area contributed by atoms with Crippen molar-refractivity contribution in [2.75, 3.05) is 5.32 Å². The summed E-state index contributed by atoms with van der Waals surface area (Å²) >= 11 is 1.72. The molecule has 1 aliphatic heterocycles. The number of nitrogens with zero attached hydrogens (tertiary/aromatic N) is 2. The lowest BCUT2D eigenvalue weighted by Crippen LogP contribution is -2.17. The molecule has 1 amide bonds. The Bertz CT molecular complexity index is 1060. The zero-order valence-corrected chi connectivity index (χ0v) is 15.7. The van der Waals surface area contributed by atoms with E-state index < -0.39 is 17.5 Å². The molecule has 4 rings (SSSR count). The van der Waals surface area contributed by atoms with Gasteiger partial charge in [-0.25, -0.2) is 13.5 Å². The lowest BCUT2D eigenvalue weighted by atomic mass is 10.1. The maximum Gasteiger partial charge on any atom is 0.256 e. The highest BCUT2D eigenvalue weighted by atomic mass is 32.2. The number of fused-ring (bicyclic) bond motifs is 1. The first-order valence-electron chi connectivity index (χ1n) is 8.46. The smallest absolute Gasteiger partial charge is 0.256 e. The molecule has 0 saturated heterocycles. The first-order chi connectivity index (χ1) is 12.9. The molecule has 1 N–H and O–H groups in total. The fraction of sp³-hybridized carbons (Fsp3) is 0.200. The minimum Gasteiger partial charge on any atom is -0.306 e. The number of halogens is 2. The van der Waals surface area contributed by atoms with Crippen LogP contribution in [0.1, 0.15) is 32.7 Å².